The van der Waals surface area contributed by atoms with Crippen molar-refractivity contribution in [1.29, 1.82) is 0 Å². The maximum absolute atomic E-state index is 13.0. The molecule has 4 heterocycles. The molecule has 2 atom stereocenters. The van der Waals surface area contributed by atoms with Gasteiger partial charge in [0.25, 0.3) is 0 Å². The molecule has 0 bridgehead atoms. The van der Waals surface area contributed by atoms with Crippen molar-refractivity contribution in [1.82, 2.24) is 19.7 Å². The van der Waals surface area contributed by atoms with Gasteiger partial charge in [0.1, 0.15) is 12.0 Å². The predicted octanol–water partition coefficient (Wildman–Crippen LogP) is 5.63. The van der Waals surface area contributed by atoms with Gasteiger partial charge in [0, 0.05) is 34.0 Å². The molecule has 1 aromatic carbocycles. The number of rotatable bonds is 7. The molecule has 2 unspecified atom stereocenters. The molecule has 0 aliphatic carbocycles. The lowest BCUT2D eigenvalue weighted by molar-refractivity contribution is -0.141. The zero-order valence-corrected chi connectivity index (χ0v) is 21.6. The number of aldehydes is 1. The lowest BCUT2D eigenvalue weighted by Gasteiger charge is -2.34. The Morgan fingerprint density at radius 2 is 2.03 bits per heavy atom. The molecule has 0 spiro atoms. The van der Waals surface area contributed by atoms with Crippen molar-refractivity contribution in [3.05, 3.63) is 68.4 Å². The Labute approximate surface area is 220 Å². The van der Waals surface area contributed by atoms with E-state index in [0.29, 0.717) is 30.2 Å². The first-order chi connectivity index (χ1) is 17.7. The van der Waals surface area contributed by atoms with Crippen LogP contribution in [0.15, 0.2) is 40.9 Å². The van der Waals surface area contributed by atoms with Crippen molar-refractivity contribution in [2.75, 3.05) is 13.1 Å². The summed E-state index contributed by atoms with van der Waals surface area (Å²) >= 11 is 7.89. The summed E-state index contributed by atoms with van der Waals surface area (Å²) in [4.78, 5) is 24.3. The van der Waals surface area contributed by atoms with Crippen LogP contribution in [0.3, 0.4) is 0 Å². The standard InChI is InChI=1S/C25H25ClF3N5O2S/c1-15-10-23(25(27,28)29)31-34(15)12-17(13-35)33-8-6-16(7-9-33)24-30-21(14-37-24)20-11-22(36-32-20)18-4-2-3-5-19(18)26/h2-5,10,13-14,16-17,22H,6-9,11-12H2,1H3. The predicted molar refractivity (Wildman–Crippen MR) is 134 cm³/mol. The number of benzene rings is 1. The van der Waals surface area contributed by atoms with Gasteiger partial charge >= 0.3 is 6.18 Å². The van der Waals surface area contributed by atoms with E-state index in [2.05, 4.69) is 10.3 Å². The summed E-state index contributed by atoms with van der Waals surface area (Å²) in [7, 11) is 0. The van der Waals surface area contributed by atoms with Gasteiger partial charge < -0.3 is 9.63 Å². The number of oxime groups is 1. The third-order valence-electron chi connectivity index (χ3n) is 6.88. The molecule has 196 valence electrons. The van der Waals surface area contributed by atoms with E-state index in [0.717, 1.165) is 47.2 Å². The molecule has 12 heteroatoms. The third-order valence-corrected chi connectivity index (χ3v) is 8.23. The first kappa shape index (κ1) is 25.9. The molecule has 0 amide bonds. The largest absolute Gasteiger partial charge is 0.435 e. The minimum atomic E-state index is -4.51. The Bertz CT molecular complexity index is 1300. The van der Waals surface area contributed by atoms with Gasteiger partial charge in [-0.15, -0.1) is 11.3 Å². The van der Waals surface area contributed by atoms with E-state index in [1.54, 1.807) is 18.3 Å². The van der Waals surface area contributed by atoms with Crippen LogP contribution in [0.25, 0.3) is 0 Å². The number of nitrogens with zero attached hydrogens (tertiary/aromatic N) is 5. The molecule has 7 nitrogen and oxygen atoms in total. The van der Waals surface area contributed by atoms with Gasteiger partial charge in [0.15, 0.2) is 11.8 Å². The maximum atomic E-state index is 13.0. The van der Waals surface area contributed by atoms with E-state index in [4.69, 9.17) is 21.4 Å². The molecular weight excluding hydrogens is 527 g/mol. The summed E-state index contributed by atoms with van der Waals surface area (Å²) in [5, 5.41) is 11.6. The highest BCUT2D eigenvalue weighted by Crippen LogP contribution is 2.36. The van der Waals surface area contributed by atoms with E-state index < -0.39 is 17.9 Å². The molecule has 0 N–H and O–H groups in total. The SMILES string of the molecule is Cc1cc(C(F)(F)F)nn1CC(C=O)N1CCC(c2nc(C3=NOC(c4ccccc4Cl)C3)cs2)CC1. The van der Waals surface area contributed by atoms with Crippen LogP contribution in [0.1, 0.15) is 58.9 Å². The summed E-state index contributed by atoms with van der Waals surface area (Å²) in [6.45, 7) is 2.94. The van der Waals surface area contributed by atoms with Crippen molar-refractivity contribution in [3.8, 4) is 0 Å². The second kappa shape index (κ2) is 10.5. The minimum absolute atomic E-state index is 0.0872. The highest BCUT2D eigenvalue weighted by Gasteiger charge is 2.35. The van der Waals surface area contributed by atoms with E-state index >= 15 is 0 Å². The van der Waals surface area contributed by atoms with E-state index in [-0.39, 0.29) is 18.6 Å². The number of halogens is 4. The van der Waals surface area contributed by atoms with E-state index in [9.17, 15) is 18.0 Å². The van der Waals surface area contributed by atoms with Crippen molar-refractivity contribution >= 4 is 34.9 Å². The Morgan fingerprint density at radius 1 is 1.27 bits per heavy atom. The Kier molecular flexibility index (Phi) is 7.37. The molecule has 2 aromatic heterocycles. The summed E-state index contributed by atoms with van der Waals surface area (Å²) < 4.78 is 40.2. The van der Waals surface area contributed by atoms with Crippen molar-refractivity contribution in [2.24, 2.45) is 5.16 Å². The van der Waals surface area contributed by atoms with Crippen molar-refractivity contribution < 1.29 is 22.8 Å². The quantitative estimate of drug-likeness (QED) is 0.356. The lowest BCUT2D eigenvalue weighted by Crippen LogP contribution is -2.44. The topological polar surface area (TPSA) is 72.6 Å². The molecule has 37 heavy (non-hydrogen) atoms. The van der Waals surface area contributed by atoms with Crippen molar-refractivity contribution in [2.45, 2.75) is 57.0 Å². The Balaban J connectivity index is 1.18. The molecule has 2 aliphatic heterocycles. The molecule has 3 aromatic rings. The van der Waals surface area contributed by atoms with Crippen LogP contribution in [0.4, 0.5) is 13.2 Å². The number of hydrogen-bond donors (Lipinski definition) is 0. The number of piperidine rings is 1. The van der Waals surface area contributed by atoms with Gasteiger partial charge in [0.05, 0.1) is 23.3 Å². The molecule has 0 saturated carbocycles. The first-order valence-electron chi connectivity index (χ1n) is 12.0. The third kappa shape index (κ3) is 5.58. The molecule has 1 fully saturated rings. The van der Waals surface area contributed by atoms with Gasteiger partial charge in [-0.25, -0.2) is 4.98 Å². The van der Waals surface area contributed by atoms with Gasteiger partial charge in [0.2, 0.25) is 0 Å². The number of aromatic nitrogens is 3. The zero-order chi connectivity index (χ0) is 26.2. The van der Waals surface area contributed by atoms with Crippen LogP contribution in [0.5, 0.6) is 0 Å². The summed E-state index contributed by atoms with van der Waals surface area (Å²) in [5.74, 6) is 0.243. The lowest BCUT2D eigenvalue weighted by atomic mass is 9.96. The molecular formula is C25H25ClF3N5O2S. The minimum Gasteiger partial charge on any atom is -0.387 e. The highest BCUT2D eigenvalue weighted by molar-refractivity contribution is 7.10. The molecule has 5 rings (SSSR count). The van der Waals surface area contributed by atoms with Crippen molar-refractivity contribution in [3.63, 3.8) is 0 Å². The normalized spacial score (nSPS) is 20.0. The number of hydrogen-bond acceptors (Lipinski definition) is 7. The Hall–Kier alpha value is -2.76. The summed E-state index contributed by atoms with van der Waals surface area (Å²) in [6, 6.07) is 8.02. The van der Waals surface area contributed by atoms with Crippen LogP contribution < -0.4 is 0 Å². The van der Waals surface area contributed by atoms with Gasteiger partial charge in [-0.05, 0) is 45.0 Å². The van der Waals surface area contributed by atoms with Gasteiger partial charge in [-0.3, -0.25) is 9.58 Å². The number of carbonyl (C=O) groups is 1. The monoisotopic (exact) mass is 551 g/mol. The fourth-order valence-electron chi connectivity index (χ4n) is 4.77. The van der Waals surface area contributed by atoms with Gasteiger partial charge in [-0.2, -0.15) is 18.3 Å². The number of thiazole rings is 1. The maximum Gasteiger partial charge on any atom is 0.435 e. The van der Waals surface area contributed by atoms with Gasteiger partial charge in [-0.1, -0.05) is 35.0 Å². The number of aryl methyl sites for hydroxylation is 1. The smallest absolute Gasteiger partial charge is 0.387 e. The fraction of sp³-hybridized carbons (Fsp3) is 0.440. The number of likely N-dealkylation sites (tertiary alicyclic amines) is 1. The molecule has 2 aliphatic rings. The Morgan fingerprint density at radius 3 is 2.70 bits per heavy atom. The second-order valence-electron chi connectivity index (χ2n) is 9.29. The van der Waals surface area contributed by atoms with Crippen LogP contribution in [0, 0.1) is 6.92 Å². The average molecular weight is 552 g/mol. The van der Waals surface area contributed by atoms with Crippen LogP contribution >= 0.6 is 22.9 Å². The van der Waals surface area contributed by atoms with E-state index in [1.807, 2.05) is 34.5 Å². The second-order valence-corrected chi connectivity index (χ2v) is 10.6. The fourth-order valence-corrected chi connectivity index (χ4v) is 6.03. The summed E-state index contributed by atoms with van der Waals surface area (Å²) in [5.41, 5.74) is 1.93. The summed E-state index contributed by atoms with van der Waals surface area (Å²) in [6.07, 6.45) is -1.76. The molecule has 0 radical (unpaired) electrons. The highest BCUT2D eigenvalue weighted by atomic mass is 35.5. The first-order valence-corrected chi connectivity index (χ1v) is 13.2. The number of alkyl halides is 3. The van der Waals surface area contributed by atoms with Crippen LogP contribution in [-0.4, -0.2) is 50.8 Å². The van der Waals surface area contributed by atoms with Crippen LogP contribution in [0.2, 0.25) is 5.02 Å². The van der Waals surface area contributed by atoms with E-state index in [1.165, 1.54) is 4.68 Å². The zero-order valence-electron chi connectivity index (χ0n) is 20.0. The number of carbonyl (C=O) groups excluding carboxylic acids is 1. The molecule has 1 saturated heterocycles. The van der Waals surface area contributed by atoms with Crippen LogP contribution in [-0.2, 0) is 22.4 Å². The average Bonchev–Trinajstić information content (AvgIpc) is 3.63.